The number of hydrogen-bond acceptors (Lipinski definition) is 18. The quantitative estimate of drug-likeness (QED) is 0.0462. The minimum Gasteiger partial charge on any atom is -0.394 e. The van der Waals surface area contributed by atoms with E-state index >= 15 is 0 Å². The highest BCUT2D eigenvalue weighted by molar-refractivity contribution is 7.47. The zero-order chi connectivity index (χ0) is 37.1. The van der Waals surface area contributed by atoms with Gasteiger partial charge in [-0.25, -0.2) is 14.0 Å². The summed E-state index contributed by atoms with van der Waals surface area (Å²) in [5, 5.41) is 52.8. The number of phosphoric ester groups is 1. The molecule has 9 N–H and O–H groups in total. The maximum atomic E-state index is 12.6. The van der Waals surface area contributed by atoms with Gasteiger partial charge in [0.1, 0.15) is 48.4 Å². The Bertz CT molecular complexity index is 1340. The third-order valence-corrected chi connectivity index (χ3v) is 8.78. The second kappa shape index (κ2) is 19.4. The van der Waals surface area contributed by atoms with Gasteiger partial charge in [0.25, 0.3) is 0 Å². The molecule has 8 unspecified atom stereocenters. The molecule has 4 heterocycles. The summed E-state index contributed by atoms with van der Waals surface area (Å²) in [6.07, 6.45) is -6.20. The zero-order valence-electron chi connectivity index (χ0n) is 27.9. The molecule has 0 aliphatic carbocycles. The molecule has 2 saturated heterocycles. The third kappa shape index (κ3) is 11.4. The maximum Gasteiger partial charge on any atom is 0.472 e. The highest BCUT2D eigenvalue weighted by Gasteiger charge is 2.52. The molecule has 3 amide bonds. The molecular formula is C27H46N7O16P. The number of amides is 3. The van der Waals surface area contributed by atoms with Crippen LogP contribution in [0, 0.1) is 0 Å². The Morgan fingerprint density at radius 1 is 1.06 bits per heavy atom. The Hall–Kier alpha value is -2.71. The molecule has 1 aromatic rings. The van der Waals surface area contributed by atoms with Crippen LogP contribution in [0.2, 0.25) is 0 Å². The molecule has 11 atom stereocenters. The number of aliphatic hydroxyl groups excluding tert-OH is 4. The van der Waals surface area contributed by atoms with Gasteiger partial charge < -0.3 is 70.1 Å². The smallest absolute Gasteiger partial charge is 0.394 e. The summed E-state index contributed by atoms with van der Waals surface area (Å²) in [6, 6.07) is -1.68. The molecule has 0 saturated carbocycles. The Balaban J connectivity index is 1.19. The topological polar surface area (TPSA) is 310 Å². The first-order valence-corrected chi connectivity index (χ1v) is 17.4. The average molecular weight is 756 g/mol. The molecule has 0 radical (unpaired) electrons. The Morgan fingerprint density at radius 3 is 2.43 bits per heavy atom. The average Bonchev–Trinajstić information content (AvgIpc) is 3.69. The van der Waals surface area contributed by atoms with E-state index in [1.807, 2.05) is 0 Å². The van der Waals surface area contributed by atoms with E-state index in [0.29, 0.717) is 12.2 Å². The van der Waals surface area contributed by atoms with E-state index in [-0.39, 0.29) is 39.6 Å². The van der Waals surface area contributed by atoms with Gasteiger partial charge in [0.2, 0.25) is 5.91 Å². The summed E-state index contributed by atoms with van der Waals surface area (Å²) < 4.78 is 57.5. The summed E-state index contributed by atoms with van der Waals surface area (Å²) in [4.78, 5) is 35.3. The van der Waals surface area contributed by atoms with Gasteiger partial charge in [0, 0.05) is 20.2 Å². The van der Waals surface area contributed by atoms with Crippen LogP contribution in [-0.4, -0.2) is 172 Å². The van der Waals surface area contributed by atoms with Crippen molar-refractivity contribution in [3.05, 3.63) is 24.2 Å². The minimum absolute atomic E-state index is 0.0224. The Kier molecular flexibility index (Phi) is 15.6. The summed E-state index contributed by atoms with van der Waals surface area (Å²) in [7, 11) is -3.60. The predicted molar refractivity (Wildman–Crippen MR) is 166 cm³/mol. The number of phosphoric acid groups is 1. The lowest BCUT2D eigenvalue weighted by atomic mass is 9.97. The van der Waals surface area contributed by atoms with E-state index in [9.17, 15) is 39.5 Å². The molecule has 23 nitrogen and oxygen atoms in total. The molecule has 3 aliphatic rings. The Labute approximate surface area is 292 Å². The van der Waals surface area contributed by atoms with Crippen LogP contribution in [0.5, 0.6) is 0 Å². The normalized spacial score (nSPS) is 32.2. The van der Waals surface area contributed by atoms with Crippen molar-refractivity contribution in [3.63, 3.8) is 0 Å². The number of carbonyl (C=O) groups is 2. The molecule has 4 rings (SSSR count). The molecule has 0 bridgehead atoms. The number of aliphatic hydroxyl groups is 4. The van der Waals surface area contributed by atoms with Crippen molar-refractivity contribution in [2.24, 2.45) is 5.73 Å². The number of ether oxygens (including phenoxy) is 6. The van der Waals surface area contributed by atoms with Gasteiger partial charge in [-0.15, -0.1) is 5.10 Å². The van der Waals surface area contributed by atoms with Crippen molar-refractivity contribution in [1.82, 2.24) is 30.5 Å². The van der Waals surface area contributed by atoms with Crippen molar-refractivity contribution < 1.29 is 76.9 Å². The monoisotopic (exact) mass is 755 g/mol. The van der Waals surface area contributed by atoms with Crippen LogP contribution < -0.4 is 16.4 Å². The number of hydrogen-bond donors (Lipinski definition) is 8. The first-order chi connectivity index (χ1) is 24.4. The van der Waals surface area contributed by atoms with Gasteiger partial charge >= 0.3 is 13.9 Å². The van der Waals surface area contributed by atoms with Crippen LogP contribution in [0.25, 0.3) is 0 Å². The molecule has 290 valence electrons. The SMILES string of the molecule is COP(=O)(O)O[C@@H]1C(OCc2cn(CCOCCOCCOC3OC(CO)C(O)C(O)C3NC(C)=O)nn2)[C@H](N2C=CC(N)NC2=O)O[C@@H]1CO. The van der Waals surface area contributed by atoms with Crippen LogP contribution in [0.3, 0.4) is 0 Å². The summed E-state index contributed by atoms with van der Waals surface area (Å²) in [5.41, 5.74) is 6.09. The first kappa shape index (κ1) is 41.1. The molecule has 1 aromatic heterocycles. The number of nitrogens with one attached hydrogen (secondary N) is 2. The Morgan fingerprint density at radius 2 is 1.76 bits per heavy atom. The van der Waals surface area contributed by atoms with Gasteiger partial charge in [-0.1, -0.05) is 5.21 Å². The van der Waals surface area contributed by atoms with E-state index in [4.69, 9.17) is 38.7 Å². The van der Waals surface area contributed by atoms with Gasteiger partial charge in [-0.05, 0) is 6.08 Å². The first-order valence-electron chi connectivity index (χ1n) is 15.9. The van der Waals surface area contributed by atoms with Gasteiger partial charge in [-0.2, -0.15) is 0 Å². The highest BCUT2D eigenvalue weighted by Crippen LogP contribution is 2.47. The largest absolute Gasteiger partial charge is 0.472 e. The number of urea groups is 1. The van der Waals surface area contributed by atoms with Gasteiger partial charge in [0.15, 0.2) is 12.5 Å². The molecule has 3 aliphatic heterocycles. The fraction of sp³-hybridized carbons (Fsp3) is 0.778. The number of rotatable bonds is 20. The number of nitrogens with zero attached hydrogens (tertiary/aromatic N) is 4. The maximum absolute atomic E-state index is 12.6. The predicted octanol–water partition coefficient (Wildman–Crippen LogP) is -4.17. The van der Waals surface area contributed by atoms with Crippen LogP contribution in [0.15, 0.2) is 18.5 Å². The standard InChI is InChI=1S/C27H46N7O16P/c1-15(37)29-20-22(39)21(38)17(12-35)49-26(20)46-10-9-45-8-7-44-6-5-33-11-16(31-32-33)14-47-24-23(50-51(41,42)43-2)18(13-36)48-25(24)34-4-3-19(28)30-27(34)40/h3-4,11,17-26,35-36,38-39H,5-10,12-14,28H2,1-2H3,(H,29,37)(H,30,40)(H,41,42)/t17?,18-,19?,20?,21?,22?,23+,24?,25-,26?/m1/s1. The van der Waals surface area contributed by atoms with Crippen LogP contribution in [0.1, 0.15) is 12.6 Å². The zero-order valence-corrected chi connectivity index (χ0v) is 28.8. The highest BCUT2D eigenvalue weighted by atomic mass is 31.2. The second-order valence-electron chi connectivity index (χ2n) is 11.5. The van der Waals surface area contributed by atoms with E-state index < -0.39 is 94.3 Å². The van der Waals surface area contributed by atoms with Crippen molar-refractivity contribution in [3.8, 4) is 0 Å². The summed E-state index contributed by atoms with van der Waals surface area (Å²) in [6.45, 7) is 1.02. The lowest BCUT2D eigenvalue weighted by Crippen LogP contribution is -2.64. The number of carbonyl (C=O) groups excluding carboxylic acids is 2. The van der Waals surface area contributed by atoms with Gasteiger partial charge in [-0.3, -0.25) is 18.7 Å². The van der Waals surface area contributed by atoms with Crippen molar-refractivity contribution >= 4 is 19.8 Å². The van der Waals surface area contributed by atoms with E-state index in [1.54, 1.807) is 6.20 Å². The van der Waals surface area contributed by atoms with Crippen molar-refractivity contribution in [2.45, 2.75) is 81.4 Å². The van der Waals surface area contributed by atoms with E-state index in [2.05, 4.69) is 25.5 Å². The fourth-order valence-corrected chi connectivity index (χ4v) is 5.96. The minimum atomic E-state index is -4.57. The van der Waals surface area contributed by atoms with E-state index in [0.717, 1.165) is 12.0 Å². The molecule has 24 heteroatoms. The summed E-state index contributed by atoms with van der Waals surface area (Å²) in [5.74, 6) is -0.461. The molecular weight excluding hydrogens is 709 g/mol. The van der Waals surface area contributed by atoms with Crippen LogP contribution in [-0.2, 0) is 60.0 Å². The van der Waals surface area contributed by atoms with E-state index in [1.165, 1.54) is 23.9 Å². The third-order valence-electron chi connectivity index (χ3n) is 7.81. The number of aromatic nitrogens is 3. The van der Waals surface area contributed by atoms with Gasteiger partial charge in [0.05, 0.1) is 71.8 Å². The van der Waals surface area contributed by atoms with Crippen LogP contribution in [0.4, 0.5) is 4.79 Å². The lowest BCUT2D eigenvalue weighted by molar-refractivity contribution is -0.272. The number of nitrogens with two attached hydrogens (primary N) is 1. The molecule has 0 spiro atoms. The van der Waals surface area contributed by atoms with Crippen molar-refractivity contribution in [2.75, 3.05) is 53.4 Å². The molecule has 51 heavy (non-hydrogen) atoms. The molecule has 0 aromatic carbocycles. The van der Waals surface area contributed by atoms with Crippen molar-refractivity contribution in [1.29, 1.82) is 0 Å². The fourth-order valence-electron chi connectivity index (χ4n) is 5.31. The summed E-state index contributed by atoms with van der Waals surface area (Å²) >= 11 is 0. The lowest BCUT2D eigenvalue weighted by Gasteiger charge is -2.42. The van der Waals surface area contributed by atoms with Crippen LogP contribution >= 0.6 is 7.82 Å². The molecule has 2 fully saturated rings. The second-order valence-corrected chi connectivity index (χ2v) is 13.0.